The van der Waals surface area contributed by atoms with Crippen LogP contribution in [-0.4, -0.2) is 29.8 Å². The normalized spacial score (nSPS) is 10.9. The van der Waals surface area contributed by atoms with Crippen LogP contribution in [0.3, 0.4) is 0 Å². The number of hydrogen-bond acceptors (Lipinski definition) is 3. The molecule has 0 saturated carbocycles. The number of nitrogens with zero attached hydrogens (tertiary/aromatic N) is 1. The maximum absolute atomic E-state index is 13.9. The Kier molecular flexibility index (Phi) is 6.17. The van der Waals surface area contributed by atoms with Crippen LogP contribution in [0, 0.1) is 23.3 Å². The van der Waals surface area contributed by atoms with Gasteiger partial charge in [0.15, 0.2) is 17.5 Å². The molecule has 0 spiro atoms. The van der Waals surface area contributed by atoms with Crippen LogP contribution in [0.4, 0.5) is 23.2 Å². The summed E-state index contributed by atoms with van der Waals surface area (Å²) in [6.07, 6.45) is 0.539. The van der Waals surface area contributed by atoms with Gasteiger partial charge in [-0.1, -0.05) is 13.0 Å². The van der Waals surface area contributed by atoms with Gasteiger partial charge in [0, 0.05) is 16.6 Å². The Morgan fingerprint density at radius 2 is 1.79 bits per heavy atom. The van der Waals surface area contributed by atoms with Gasteiger partial charge in [0.1, 0.15) is 12.4 Å². The summed E-state index contributed by atoms with van der Waals surface area (Å²) in [6, 6.07) is 7.52. The smallest absolute Gasteiger partial charge is 0.264 e. The van der Waals surface area contributed by atoms with Crippen LogP contribution in [0.2, 0.25) is 0 Å². The number of thiophene rings is 1. The summed E-state index contributed by atoms with van der Waals surface area (Å²) in [6.45, 7) is 1.60. The zero-order valence-corrected chi connectivity index (χ0v) is 16.1. The Labute approximate surface area is 167 Å². The lowest BCUT2D eigenvalue weighted by molar-refractivity contribution is -0.116. The monoisotopic (exact) mass is 424 g/mol. The highest BCUT2D eigenvalue weighted by Crippen LogP contribution is 2.28. The molecule has 1 N–H and O–H groups in total. The molecule has 9 heteroatoms. The standard InChI is InChI=1S/C20H16F4N2O2S/c1-2-8-26(10-17(27)25-14-7-6-13(22)18(23)19(14)24)20(28)16-9-11-12(21)4-3-5-15(11)29-16/h3-7,9H,2,8,10H2,1H3,(H,25,27). The molecule has 1 aromatic heterocycles. The first-order valence-electron chi connectivity index (χ1n) is 8.72. The van der Waals surface area contributed by atoms with Crippen molar-refractivity contribution in [2.24, 2.45) is 0 Å². The van der Waals surface area contributed by atoms with E-state index in [4.69, 9.17) is 0 Å². The molecular weight excluding hydrogens is 408 g/mol. The molecule has 0 unspecified atom stereocenters. The summed E-state index contributed by atoms with van der Waals surface area (Å²) in [5.41, 5.74) is -0.526. The van der Waals surface area contributed by atoms with Crippen molar-refractivity contribution < 1.29 is 27.2 Å². The van der Waals surface area contributed by atoms with Crippen molar-refractivity contribution in [2.75, 3.05) is 18.4 Å². The van der Waals surface area contributed by atoms with E-state index in [0.29, 0.717) is 22.6 Å². The summed E-state index contributed by atoms with van der Waals surface area (Å²) in [7, 11) is 0. The molecule has 0 atom stereocenters. The first-order valence-corrected chi connectivity index (χ1v) is 9.54. The van der Waals surface area contributed by atoms with Crippen LogP contribution >= 0.6 is 11.3 Å². The summed E-state index contributed by atoms with van der Waals surface area (Å²) in [5, 5.41) is 2.45. The quantitative estimate of drug-likeness (QED) is 0.450. The van der Waals surface area contributed by atoms with Crippen molar-refractivity contribution in [1.29, 1.82) is 0 Å². The molecule has 0 aliphatic carbocycles. The lowest BCUT2D eigenvalue weighted by Crippen LogP contribution is -2.38. The lowest BCUT2D eigenvalue weighted by Gasteiger charge is -2.21. The predicted octanol–water partition coefficient (Wildman–Crippen LogP) is 4.95. The van der Waals surface area contributed by atoms with Crippen LogP contribution in [0.1, 0.15) is 23.0 Å². The van der Waals surface area contributed by atoms with Gasteiger partial charge in [-0.05, 0) is 36.8 Å². The lowest BCUT2D eigenvalue weighted by atomic mass is 10.2. The molecule has 3 rings (SSSR count). The number of fused-ring (bicyclic) bond motifs is 1. The van der Waals surface area contributed by atoms with Gasteiger partial charge >= 0.3 is 0 Å². The van der Waals surface area contributed by atoms with Crippen LogP contribution in [0.5, 0.6) is 0 Å². The summed E-state index contributed by atoms with van der Waals surface area (Å²) >= 11 is 1.10. The fourth-order valence-corrected chi connectivity index (χ4v) is 3.84. The highest BCUT2D eigenvalue weighted by atomic mass is 32.1. The van der Waals surface area contributed by atoms with Crippen molar-refractivity contribution in [1.82, 2.24) is 4.90 Å². The van der Waals surface area contributed by atoms with E-state index in [1.54, 1.807) is 13.0 Å². The molecule has 2 aromatic carbocycles. The largest absolute Gasteiger partial charge is 0.329 e. The number of halogens is 4. The van der Waals surface area contributed by atoms with Crippen molar-refractivity contribution in [3.63, 3.8) is 0 Å². The Morgan fingerprint density at radius 3 is 2.48 bits per heavy atom. The van der Waals surface area contributed by atoms with Crippen LogP contribution in [0.25, 0.3) is 10.1 Å². The van der Waals surface area contributed by atoms with E-state index in [2.05, 4.69) is 5.32 Å². The van der Waals surface area contributed by atoms with E-state index in [-0.39, 0.29) is 11.4 Å². The van der Waals surface area contributed by atoms with Gasteiger partial charge in [0.25, 0.3) is 5.91 Å². The maximum atomic E-state index is 13.9. The molecule has 29 heavy (non-hydrogen) atoms. The third-order valence-electron chi connectivity index (χ3n) is 4.14. The predicted molar refractivity (Wildman–Crippen MR) is 103 cm³/mol. The second kappa shape index (κ2) is 8.60. The second-order valence-electron chi connectivity index (χ2n) is 6.26. The highest BCUT2D eigenvalue weighted by molar-refractivity contribution is 7.20. The van der Waals surface area contributed by atoms with Gasteiger partial charge in [-0.25, -0.2) is 17.6 Å². The molecule has 1 heterocycles. The maximum Gasteiger partial charge on any atom is 0.264 e. The zero-order valence-electron chi connectivity index (χ0n) is 15.3. The van der Waals surface area contributed by atoms with E-state index in [0.717, 1.165) is 17.4 Å². The molecule has 0 fully saturated rings. The van der Waals surface area contributed by atoms with E-state index in [1.807, 2.05) is 0 Å². The van der Waals surface area contributed by atoms with E-state index in [9.17, 15) is 27.2 Å². The fourth-order valence-electron chi connectivity index (χ4n) is 2.79. The van der Waals surface area contributed by atoms with Crippen molar-refractivity contribution in [2.45, 2.75) is 13.3 Å². The molecular formula is C20H16F4N2O2S. The molecule has 152 valence electrons. The van der Waals surface area contributed by atoms with E-state index < -0.39 is 47.3 Å². The molecule has 2 amide bonds. The summed E-state index contributed by atoms with van der Waals surface area (Å²) in [4.78, 5) is 26.6. The van der Waals surface area contributed by atoms with Crippen LogP contribution < -0.4 is 5.32 Å². The number of benzene rings is 2. The van der Waals surface area contributed by atoms with Gasteiger partial charge < -0.3 is 10.2 Å². The molecule has 0 saturated heterocycles. The second-order valence-corrected chi connectivity index (χ2v) is 7.34. The number of hydrogen-bond donors (Lipinski definition) is 1. The molecule has 4 nitrogen and oxygen atoms in total. The number of carbonyl (C=O) groups excluding carboxylic acids is 2. The topological polar surface area (TPSA) is 49.4 Å². The van der Waals surface area contributed by atoms with Crippen molar-refractivity contribution in [3.05, 3.63) is 64.5 Å². The van der Waals surface area contributed by atoms with Gasteiger partial charge in [-0.3, -0.25) is 9.59 Å². The van der Waals surface area contributed by atoms with E-state index in [1.165, 1.54) is 23.1 Å². The Bertz CT molecular complexity index is 1080. The molecule has 0 aliphatic heterocycles. The Hall–Kier alpha value is -2.94. The van der Waals surface area contributed by atoms with Crippen LogP contribution in [0.15, 0.2) is 36.4 Å². The fraction of sp³-hybridized carbons (Fsp3) is 0.200. The van der Waals surface area contributed by atoms with Crippen LogP contribution in [-0.2, 0) is 4.79 Å². The van der Waals surface area contributed by atoms with Crippen molar-refractivity contribution in [3.8, 4) is 0 Å². The minimum absolute atomic E-state index is 0.225. The molecule has 3 aromatic rings. The van der Waals surface area contributed by atoms with Gasteiger partial charge in [-0.15, -0.1) is 11.3 Å². The number of carbonyl (C=O) groups is 2. The van der Waals surface area contributed by atoms with Gasteiger partial charge in [-0.2, -0.15) is 0 Å². The third kappa shape index (κ3) is 4.40. The minimum atomic E-state index is -1.70. The molecule has 0 aliphatic rings. The third-order valence-corrected chi connectivity index (χ3v) is 5.23. The highest BCUT2D eigenvalue weighted by Gasteiger charge is 2.22. The zero-order chi connectivity index (χ0) is 21.1. The van der Waals surface area contributed by atoms with Gasteiger partial charge in [0.05, 0.1) is 10.6 Å². The molecule has 0 radical (unpaired) electrons. The number of rotatable bonds is 6. The first-order chi connectivity index (χ1) is 13.8. The summed E-state index contributed by atoms with van der Waals surface area (Å²) < 4.78 is 54.6. The number of anilines is 1. The number of amides is 2. The molecule has 0 bridgehead atoms. The van der Waals surface area contributed by atoms with E-state index >= 15 is 0 Å². The Morgan fingerprint density at radius 1 is 1.03 bits per heavy atom. The average Bonchev–Trinajstić information content (AvgIpc) is 3.13. The SMILES string of the molecule is CCCN(CC(=O)Nc1ccc(F)c(F)c1F)C(=O)c1cc2c(F)cccc2s1. The average molecular weight is 424 g/mol. The summed E-state index contributed by atoms with van der Waals surface area (Å²) in [5.74, 6) is -6.30. The first kappa shape index (κ1) is 20.8. The Balaban J connectivity index is 1.78. The minimum Gasteiger partial charge on any atom is -0.329 e. The van der Waals surface area contributed by atoms with Gasteiger partial charge in [0.2, 0.25) is 5.91 Å². The van der Waals surface area contributed by atoms with Crippen molar-refractivity contribution >= 4 is 38.9 Å². The number of nitrogens with one attached hydrogen (secondary N) is 1.